The SMILES string of the molecule is Cc1ccc2oc(=O)c(CN3CCc4nc(N)ncc4C3)c(Cl)c2c1. The Morgan fingerprint density at radius 1 is 1.40 bits per heavy atom. The maximum atomic E-state index is 12.4. The highest BCUT2D eigenvalue weighted by molar-refractivity contribution is 6.36. The number of aromatic nitrogens is 2. The van der Waals surface area contributed by atoms with E-state index in [2.05, 4.69) is 14.9 Å². The first-order chi connectivity index (χ1) is 12.0. The topological polar surface area (TPSA) is 85.2 Å². The minimum absolute atomic E-state index is 0.292. The van der Waals surface area contributed by atoms with Crippen LogP contribution in [0.5, 0.6) is 0 Å². The molecule has 0 aliphatic carbocycles. The van der Waals surface area contributed by atoms with E-state index in [0.29, 0.717) is 35.2 Å². The molecular weight excluding hydrogens is 340 g/mol. The summed E-state index contributed by atoms with van der Waals surface area (Å²) in [6.45, 7) is 3.82. The number of halogens is 1. The van der Waals surface area contributed by atoms with Gasteiger partial charge in [-0.3, -0.25) is 4.90 Å². The van der Waals surface area contributed by atoms with Crippen molar-refractivity contribution in [3.63, 3.8) is 0 Å². The number of nitrogens with two attached hydrogens (primary N) is 1. The highest BCUT2D eigenvalue weighted by atomic mass is 35.5. The molecule has 2 N–H and O–H groups in total. The number of hydrogen-bond acceptors (Lipinski definition) is 6. The van der Waals surface area contributed by atoms with E-state index in [9.17, 15) is 4.79 Å². The number of rotatable bonds is 2. The zero-order chi connectivity index (χ0) is 17.6. The Labute approximate surface area is 149 Å². The Morgan fingerprint density at radius 2 is 2.24 bits per heavy atom. The fourth-order valence-electron chi connectivity index (χ4n) is 3.20. The molecule has 0 saturated heterocycles. The largest absolute Gasteiger partial charge is 0.422 e. The minimum atomic E-state index is -0.388. The van der Waals surface area contributed by atoms with E-state index >= 15 is 0 Å². The summed E-state index contributed by atoms with van der Waals surface area (Å²) in [5.74, 6) is 0.292. The van der Waals surface area contributed by atoms with Crippen LogP contribution in [-0.2, 0) is 19.5 Å². The lowest BCUT2D eigenvalue weighted by atomic mass is 10.1. The van der Waals surface area contributed by atoms with Gasteiger partial charge in [-0.05, 0) is 19.1 Å². The first-order valence-electron chi connectivity index (χ1n) is 8.06. The van der Waals surface area contributed by atoms with Gasteiger partial charge in [0.05, 0.1) is 16.3 Å². The van der Waals surface area contributed by atoms with Crippen molar-refractivity contribution in [1.82, 2.24) is 14.9 Å². The predicted octanol–water partition coefficient (Wildman–Crippen LogP) is 2.69. The molecule has 0 bridgehead atoms. The maximum absolute atomic E-state index is 12.4. The van der Waals surface area contributed by atoms with E-state index in [4.69, 9.17) is 21.8 Å². The highest BCUT2D eigenvalue weighted by Gasteiger charge is 2.21. The smallest absolute Gasteiger partial charge is 0.342 e. The summed E-state index contributed by atoms with van der Waals surface area (Å²) >= 11 is 6.53. The number of nitrogens with zero attached hydrogens (tertiary/aromatic N) is 3. The lowest BCUT2D eigenvalue weighted by molar-refractivity contribution is 0.240. The van der Waals surface area contributed by atoms with Crippen molar-refractivity contribution in [3.8, 4) is 0 Å². The molecule has 0 atom stereocenters. The Balaban J connectivity index is 1.67. The molecule has 0 radical (unpaired) electrons. The number of anilines is 1. The Bertz CT molecular complexity index is 1030. The lowest BCUT2D eigenvalue weighted by Crippen LogP contribution is -2.32. The second-order valence-corrected chi connectivity index (χ2v) is 6.72. The fraction of sp³-hybridized carbons (Fsp3) is 0.278. The Morgan fingerprint density at radius 3 is 3.08 bits per heavy atom. The molecule has 2 aromatic heterocycles. The average Bonchev–Trinajstić information content (AvgIpc) is 2.59. The van der Waals surface area contributed by atoms with Crippen LogP contribution < -0.4 is 11.4 Å². The summed E-state index contributed by atoms with van der Waals surface area (Å²) < 4.78 is 5.45. The number of hydrogen-bond donors (Lipinski definition) is 1. The molecule has 3 aromatic rings. The summed E-state index contributed by atoms with van der Waals surface area (Å²) in [4.78, 5) is 22.9. The molecule has 0 unspecified atom stereocenters. The molecule has 1 aromatic carbocycles. The molecule has 0 amide bonds. The van der Waals surface area contributed by atoms with Crippen molar-refractivity contribution in [1.29, 1.82) is 0 Å². The van der Waals surface area contributed by atoms with Crippen LogP contribution in [0.4, 0.5) is 5.95 Å². The fourth-order valence-corrected chi connectivity index (χ4v) is 3.49. The van der Waals surface area contributed by atoms with Gasteiger partial charge in [0.1, 0.15) is 5.58 Å². The summed E-state index contributed by atoms with van der Waals surface area (Å²) in [7, 11) is 0. The van der Waals surface area contributed by atoms with E-state index in [1.807, 2.05) is 19.1 Å². The quantitative estimate of drug-likeness (QED) is 0.710. The molecule has 1 aliphatic heterocycles. The third-order valence-corrected chi connectivity index (χ3v) is 4.93. The van der Waals surface area contributed by atoms with Gasteiger partial charge in [0.15, 0.2) is 0 Å². The zero-order valence-corrected chi connectivity index (χ0v) is 14.5. The second-order valence-electron chi connectivity index (χ2n) is 6.34. The molecule has 25 heavy (non-hydrogen) atoms. The maximum Gasteiger partial charge on any atom is 0.342 e. The molecule has 128 valence electrons. The van der Waals surface area contributed by atoms with Crippen LogP contribution in [-0.4, -0.2) is 21.4 Å². The molecule has 7 heteroatoms. The van der Waals surface area contributed by atoms with Crippen LogP contribution in [0.15, 0.2) is 33.6 Å². The minimum Gasteiger partial charge on any atom is -0.422 e. The van der Waals surface area contributed by atoms with Crippen molar-refractivity contribution in [2.75, 3.05) is 12.3 Å². The van der Waals surface area contributed by atoms with Crippen molar-refractivity contribution >= 4 is 28.5 Å². The third-order valence-electron chi connectivity index (χ3n) is 4.50. The first kappa shape index (κ1) is 16.1. The van der Waals surface area contributed by atoms with Gasteiger partial charge in [0, 0.05) is 43.2 Å². The van der Waals surface area contributed by atoms with Gasteiger partial charge < -0.3 is 10.2 Å². The van der Waals surface area contributed by atoms with Gasteiger partial charge in [-0.2, -0.15) is 0 Å². The van der Waals surface area contributed by atoms with E-state index in [1.54, 1.807) is 12.3 Å². The van der Waals surface area contributed by atoms with Crippen LogP contribution in [0.2, 0.25) is 5.02 Å². The van der Waals surface area contributed by atoms with Crippen molar-refractivity contribution in [2.45, 2.75) is 26.4 Å². The monoisotopic (exact) mass is 356 g/mol. The standard InChI is InChI=1S/C18H17ClN4O2/c1-10-2-3-15-12(6-10)16(19)13(17(24)25-15)9-23-5-4-14-11(8-23)7-21-18(20)22-14/h2-3,6-7H,4-5,8-9H2,1H3,(H2,20,21,22). The number of nitrogen functional groups attached to an aromatic ring is 1. The second kappa shape index (κ2) is 6.13. The van der Waals surface area contributed by atoms with Crippen molar-refractivity contribution in [2.24, 2.45) is 0 Å². The number of fused-ring (bicyclic) bond motifs is 2. The first-order valence-corrected chi connectivity index (χ1v) is 8.43. The molecule has 6 nitrogen and oxygen atoms in total. The van der Waals surface area contributed by atoms with Gasteiger partial charge in [-0.25, -0.2) is 14.8 Å². The predicted molar refractivity (Wildman–Crippen MR) is 96.5 cm³/mol. The van der Waals surface area contributed by atoms with E-state index in [-0.39, 0.29) is 5.63 Å². The van der Waals surface area contributed by atoms with Gasteiger partial charge in [0.25, 0.3) is 0 Å². The zero-order valence-electron chi connectivity index (χ0n) is 13.8. The molecule has 0 fully saturated rings. The molecule has 1 aliphatic rings. The highest BCUT2D eigenvalue weighted by Crippen LogP contribution is 2.28. The average molecular weight is 357 g/mol. The van der Waals surface area contributed by atoms with Crippen LogP contribution in [0.25, 0.3) is 11.0 Å². The third kappa shape index (κ3) is 2.99. The van der Waals surface area contributed by atoms with Gasteiger partial charge in [-0.15, -0.1) is 0 Å². The molecule has 3 heterocycles. The van der Waals surface area contributed by atoms with E-state index in [1.165, 1.54) is 0 Å². The molecule has 0 spiro atoms. The number of benzene rings is 1. The Kier molecular flexibility index (Phi) is 3.94. The lowest BCUT2D eigenvalue weighted by Gasteiger charge is -2.27. The van der Waals surface area contributed by atoms with E-state index < -0.39 is 0 Å². The number of aryl methyl sites for hydroxylation is 1. The van der Waals surface area contributed by atoms with Crippen LogP contribution >= 0.6 is 11.6 Å². The van der Waals surface area contributed by atoms with Gasteiger partial charge in [0.2, 0.25) is 5.95 Å². The summed E-state index contributed by atoms with van der Waals surface area (Å²) in [5.41, 5.74) is 9.31. The van der Waals surface area contributed by atoms with Crippen molar-refractivity contribution < 1.29 is 4.42 Å². The van der Waals surface area contributed by atoms with Crippen LogP contribution in [0.1, 0.15) is 22.4 Å². The van der Waals surface area contributed by atoms with Gasteiger partial charge >= 0.3 is 5.63 Å². The molecular formula is C18H17ClN4O2. The van der Waals surface area contributed by atoms with Crippen molar-refractivity contribution in [3.05, 3.63) is 62.2 Å². The summed E-state index contributed by atoms with van der Waals surface area (Å²) in [6.07, 6.45) is 2.51. The summed E-state index contributed by atoms with van der Waals surface area (Å²) in [6, 6.07) is 5.61. The summed E-state index contributed by atoms with van der Waals surface area (Å²) in [5, 5.41) is 1.24. The van der Waals surface area contributed by atoms with Crippen LogP contribution in [0, 0.1) is 6.92 Å². The molecule has 0 saturated carbocycles. The van der Waals surface area contributed by atoms with Gasteiger partial charge in [-0.1, -0.05) is 23.2 Å². The van der Waals surface area contributed by atoms with E-state index in [0.717, 1.165) is 35.2 Å². The normalized spacial score (nSPS) is 14.6. The Hall–Kier alpha value is -2.44. The molecule has 4 rings (SSSR count). The van der Waals surface area contributed by atoms with Crippen LogP contribution in [0.3, 0.4) is 0 Å².